The fourth-order valence-corrected chi connectivity index (χ4v) is 3.14. The summed E-state index contributed by atoms with van der Waals surface area (Å²) in [6.45, 7) is 6.42. The molecule has 2 rings (SSSR count). The minimum absolute atomic E-state index is 0.139. The summed E-state index contributed by atoms with van der Waals surface area (Å²) in [5, 5.41) is 13.3. The quantitative estimate of drug-likeness (QED) is 0.733. The van der Waals surface area contributed by atoms with Gasteiger partial charge in [-0.3, -0.25) is 0 Å². The van der Waals surface area contributed by atoms with Crippen LogP contribution < -0.4 is 5.32 Å². The number of ether oxygens (including phenoxy) is 1. The predicted molar refractivity (Wildman–Crippen MR) is 77.3 cm³/mol. The van der Waals surface area contributed by atoms with Crippen molar-refractivity contribution in [2.45, 2.75) is 69.6 Å². The molecule has 1 heterocycles. The van der Waals surface area contributed by atoms with E-state index >= 15 is 0 Å². The zero-order chi connectivity index (χ0) is 13.9. The van der Waals surface area contributed by atoms with Crippen LogP contribution in [0.4, 0.5) is 0 Å². The second-order valence-corrected chi connectivity index (χ2v) is 6.70. The number of nitrogens with zero attached hydrogens (tertiary/aromatic N) is 1. The molecule has 112 valence electrons. The molecule has 1 saturated carbocycles. The fraction of sp³-hybridized carbons (Fsp3) is 1.00. The molecule has 2 atom stereocenters. The van der Waals surface area contributed by atoms with Crippen molar-refractivity contribution in [2.75, 3.05) is 26.9 Å². The van der Waals surface area contributed by atoms with Crippen molar-refractivity contribution in [3.05, 3.63) is 0 Å². The third-order valence-electron chi connectivity index (χ3n) is 4.69. The Bertz CT molecular complexity index is 277. The van der Waals surface area contributed by atoms with Crippen molar-refractivity contribution in [3.63, 3.8) is 0 Å². The minimum Gasteiger partial charge on any atom is -0.394 e. The van der Waals surface area contributed by atoms with E-state index in [0.717, 1.165) is 32.5 Å². The molecular weight excluding hydrogens is 240 g/mol. The van der Waals surface area contributed by atoms with E-state index in [9.17, 15) is 5.11 Å². The molecule has 1 saturated heterocycles. The summed E-state index contributed by atoms with van der Waals surface area (Å²) >= 11 is 0. The highest BCUT2D eigenvalue weighted by Gasteiger charge is 2.34. The number of aliphatic hydroxyl groups excluding tert-OH is 1. The lowest BCUT2D eigenvalue weighted by Gasteiger charge is -2.40. The van der Waals surface area contributed by atoms with Crippen LogP contribution in [0.15, 0.2) is 0 Å². The van der Waals surface area contributed by atoms with Gasteiger partial charge in [0, 0.05) is 36.9 Å². The van der Waals surface area contributed by atoms with Gasteiger partial charge in [-0.1, -0.05) is 0 Å². The van der Waals surface area contributed by atoms with Crippen LogP contribution in [0.2, 0.25) is 0 Å². The van der Waals surface area contributed by atoms with Crippen LogP contribution in [0.25, 0.3) is 0 Å². The smallest absolute Gasteiger partial charge is 0.0611 e. The van der Waals surface area contributed by atoms with Gasteiger partial charge < -0.3 is 20.1 Å². The molecule has 2 fully saturated rings. The summed E-state index contributed by atoms with van der Waals surface area (Å²) in [5.74, 6) is 0. The lowest BCUT2D eigenvalue weighted by atomic mass is 9.92. The van der Waals surface area contributed by atoms with Crippen LogP contribution in [0.5, 0.6) is 0 Å². The number of nitrogens with one attached hydrogen (secondary N) is 1. The first-order chi connectivity index (χ1) is 9.04. The number of rotatable bonds is 7. The zero-order valence-electron chi connectivity index (χ0n) is 12.7. The molecule has 4 heteroatoms. The van der Waals surface area contributed by atoms with Gasteiger partial charge in [-0.05, 0) is 53.0 Å². The summed E-state index contributed by atoms with van der Waals surface area (Å²) in [4.78, 5) is 2.48. The minimum atomic E-state index is -0.139. The summed E-state index contributed by atoms with van der Waals surface area (Å²) in [6.07, 6.45) is 5.78. The molecule has 0 spiro atoms. The lowest BCUT2D eigenvalue weighted by molar-refractivity contribution is 0.0221. The second-order valence-electron chi connectivity index (χ2n) is 6.70. The normalized spacial score (nSPS) is 26.4. The molecule has 2 unspecified atom stereocenters. The van der Waals surface area contributed by atoms with E-state index in [1.165, 1.54) is 12.8 Å². The SMILES string of the molecule is CC(CC(C)(CO)NC1CC1)N(C)C1CCOCC1. The topological polar surface area (TPSA) is 44.7 Å². The molecule has 1 aliphatic heterocycles. The summed E-state index contributed by atoms with van der Waals surface area (Å²) in [5.41, 5.74) is -0.139. The van der Waals surface area contributed by atoms with E-state index in [-0.39, 0.29) is 12.1 Å². The van der Waals surface area contributed by atoms with Gasteiger partial charge in [-0.2, -0.15) is 0 Å². The second kappa shape index (κ2) is 6.53. The molecule has 0 bridgehead atoms. The van der Waals surface area contributed by atoms with Crippen LogP contribution in [0.3, 0.4) is 0 Å². The van der Waals surface area contributed by atoms with Crippen LogP contribution in [-0.4, -0.2) is 60.5 Å². The van der Waals surface area contributed by atoms with Gasteiger partial charge in [0.25, 0.3) is 0 Å². The Kier molecular flexibility index (Phi) is 5.23. The molecule has 0 amide bonds. The predicted octanol–water partition coefficient (Wildman–Crippen LogP) is 1.38. The monoisotopic (exact) mass is 270 g/mol. The van der Waals surface area contributed by atoms with E-state index in [0.29, 0.717) is 18.1 Å². The summed E-state index contributed by atoms with van der Waals surface area (Å²) in [7, 11) is 2.22. The zero-order valence-corrected chi connectivity index (χ0v) is 12.7. The Labute approximate surface area is 117 Å². The van der Waals surface area contributed by atoms with E-state index in [1.807, 2.05) is 0 Å². The summed E-state index contributed by atoms with van der Waals surface area (Å²) < 4.78 is 5.43. The average molecular weight is 270 g/mol. The summed E-state index contributed by atoms with van der Waals surface area (Å²) in [6, 6.07) is 1.75. The maximum Gasteiger partial charge on any atom is 0.0611 e. The van der Waals surface area contributed by atoms with Crippen LogP contribution in [0.1, 0.15) is 46.0 Å². The molecule has 2 aliphatic rings. The standard InChI is InChI=1S/C15H30N2O2/c1-12(17(3)14-6-8-19-9-7-14)10-15(2,11-18)16-13-4-5-13/h12-14,16,18H,4-11H2,1-3H3. The maximum absolute atomic E-state index is 9.70. The molecule has 0 aromatic carbocycles. The lowest BCUT2D eigenvalue weighted by Crippen LogP contribution is -2.52. The van der Waals surface area contributed by atoms with Crippen LogP contribution in [0, 0.1) is 0 Å². The first-order valence-corrected chi connectivity index (χ1v) is 7.72. The first kappa shape index (κ1) is 15.2. The third-order valence-corrected chi connectivity index (χ3v) is 4.69. The number of aliphatic hydroxyl groups is 1. The molecule has 4 nitrogen and oxygen atoms in total. The Morgan fingerprint density at radius 2 is 1.95 bits per heavy atom. The molecule has 0 aromatic heterocycles. The van der Waals surface area contributed by atoms with Gasteiger partial charge in [-0.15, -0.1) is 0 Å². The molecule has 1 aliphatic carbocycles. The van der Waals surface area contributed by atoms with Gasteiger partial charge in [0.1, 0.15) is 0 Å². The Balaban J connectivity index is 1.84. The van der Waals surface area contributed by atoms with E-state index in [4.69, 9.17) is 4.74 Å². The van der Waals surface area contributed by atoms with Crippen molar-refractivity contribution >= 4 is 0 Å². The van der Waals surface area contributed by atoms with Gasteiger partial charge in [-0.25, -0.2) is 0 Å². The van der Waals surface area contributed by atoms with Gasteiger partial charge in [0.05, 0.1) is 6.61 Å². The first-order valence-electron chi connectivity index (χ1n) is 7.72. The van der Waals surface area contributed by atoms with Crippen molar-refractivity contribution in [2.24, 2.45) is 0 Å². The van der Waals surface area contributed by atoms with Crippen molar-refractivity contribution in [1.82, 2.24) is 10.2 Å². The molecule has 0 radical (unpaired) electrons. The van der Waals surface area contributed by atoms with E-state index in [2.05, 4.69) is 31.1 Å². The van der Waals surface area contributed by atoms with Crippen molar-refractivity contribution in [1.29, 1.82) is 0 Å². The van der Waals surface area contributed by atoms with Gasteiger partial charge in [0.2, 0.25) is 0 Å². The average Bonchev–Trinajstić information content (AvgIpc) is 3.22. The Morgan fingerprint density at radius 1 is 1.32 bits per heavy atom. The Morgan fingerprint density at radius 3 is 2.47 bits per heavy atom. The number of hydrogen-bond acceptors (Lipinski definition) is 4. The van der Waals surface area contributed by atoms with Crippen molar-refractivity contribution in [3.8, 4) is 0 Å². The molecule has 2 N–H and O–H groups in total. The molecule has 0 aromatic rings. The Hall–Kier alpha value is -0.160. The van der Waals surface area contributed by atoms with E-state index < -0.39 is 0 Å². The molecular formula is C15H30N2O2. The highest BCUT2D eigenvalue weighted by atomic mass is 16.5. The third kappa shape index (κ3) is 4.42. The van der Waals surface area contributed by atoms with Crippen LogP contribution in [-0.2, 0) is 4.74 Å². The van der Waals surface area contributed by atoms with E-state index in [1.54, 1.807) is 0 Å². The highest BCUT2D eigenvalue weighted by Crippen LogP contribution is 2.26. The number of hydrogen-bond donors (Lipinski definition) is 2. The largest absolute Gasteiger partial charge is 0.394 e. The van der Waals surface area contributed by atoms with Crippen molar-refractivity contribution < 1.29 is 9.84 Å². The van der Waals surface area contributed by atoms with Crippen LogP contribution >= 0.6 is 0 Å². The maximum atomic E-state index is 9.70. The fourth-order valence-electron chi connectivity index (χ4n) is 3.14. The van der Waals surface area contributed by atoms with Gasteiger partial charge in [0.15, 0.2) is 0 Å². The highest BCUT2D eigenvalue weighted by molar-refractivity contribution is 4.94. The molecule has 19 heavy (non-hydrogen) atoms. The van der Waals surface area contributed by atoms with Gasteiger partial charge >= 0.3 is 0 Å².